The Bertz CT molecular complexity index is 333. The van der Waals surface area contributed by atoms with Crippen molar-refractivity contribution < 1.29 is 8.78 Å². The van der Waals surface area contributed by atoms with Gasteiger partial charge in [0.25, 0.3) is 6.43 Å². The Balaban J connectivity index is 3.00. The molecule has 0 saturated carbocycles. The molecule has 1 unspecified atom stereocenters. The van der Waals surface area contributed by atoms with Crippen LogP contribution >= 0.6 is 15.9 Å². The van der Waals surface area contributed by atoms with Crippen LogP contribution in [-0.4, -0.2) is 0 Å². The summed E-state index contributed by atoms with van der Waals surface area (Å²) in [4.78, 5) is -0.522. The second-order valence-corrected chi connectivity index (χ2v) is 3.38. The summed E-state index contributed by atoms with van der Waals surface area (Å²) < 4.78 is 24.4. The molecule has 0 aliphatic rings. The lowest BCUT2D eigenvalue weighted by atomic mass is 10.1. The quantitative estimate of drug-likeness (QED) is 0.731. The smallest absolute Gasteiger partial charge is 0.205 e. The monoisotopic (exact) mass is 245 g/mol. The van der Waals surface area contributed by atoms with E-state index >= 15 is 0 Å². The van der Waals surface area contributed by atoms with Crippen LogP contribution in [-0.2, 0) is 0 Å². The average Bonchev–Trinajstić information content (AvgIpc) is 2.17. The summed E-state index contributed by atoms with van der Waals surface area (Å²) in [5, 5.41) is 8.53. The highest BCUT2D eigenvalue weighted by Gasteiger charge is 2.10. The Labute approximate surface area is 83.1 Å². The first-order valence-corrected chi connectivity index (χ1v) is 4.48. The van der Waals surface area contributed by atoms with Gasteiger partial charge in [0, 0.05) is 5.56 Å². The fourth-order valence-electron chi connectivity index (χ4n) is 0.927. The lowest BCUT2D eigenvalue weighted by Crippen LogP contribution is -1.89. The van der Waals surface area contributed by atoms with Crippen molar-refractivity contribution in [3.8, 4) is 6.07 Å². The van der Waals surface area contributed by atoms with E-state index in [1.165, 1.54) is 18.2 Å². The number of halogens is 3. The van der Waals surface area contributed by atoms with Crippen molar-refractivity contribution in [2.75, 3.05) is 0 Å². The maximum atomic E-state index is 12.2. The van der Waals surface area contributed by atoms with Crippen LogP contribution in [0.4, 0.5) is 8.78 Å². The van der Waals surface area contributed by atoms with Gasteiger partial charge in [-0.05, 0) is 11.6 Å². The van der Waals surface area contributed by atoms with Gasteiger partial charge in [-0.15, -0.1) is 0 Å². The highest BCUT2D eigenvalue weighted by Crippen LogP contribution is 2.26. The normalized spacial score (nSPS) is 12.5. The molecule has 0 aliphatic carbocycles. The molecule has 0 aliphatic heterocycles. The van der Waals surface area contributed by atoms with Crippen molar-refractivity contribution in [3.63, 3.8) is 0 Å². The maximum Gasteiger partial charge on any atom is 0.263 e. The van der Waals surface area contributed by atoms with E-state index in [2.05, 4.69) is 15.9 Å². The minimum Gasteiger partial charge on any atom is -0.205 e. The maximum absolute atomic E-state index is 12.2. The van der Waals surface area contributed by atoms with E-state index in [4.69, 9.17) is 5.26 Å². The summed E-state index contributed by atoms with van der Waals surface area (Å²) in [5.74, 6) is 0. The number of rotatable bonds is 2. The Morgan fingerprint density at radius 2 is 1.92 bits per heavy atom. The summed E-state index contributed by atoms with van der Waals surface area (Å²) >= 11 is 3.06. The van der Waals surface area contributed by atoms with Gasteiger partial charge in [0.1, 0.15) is 4.83 Å². The van der Waals surface area contributed by atoms with E-state index in [0.717, 1.165) is 0 Å². The number of nitrogens with zero attached hydrogens (tertiary/aromatic N) is 1. The molecule has 0 fully saturated rings. The average molecular weight is 246 g/mol. The first kappa shape index (κ1) is 10.1. The molecule has 0 heterocycles. The van der Waals surface area contributed by atoms with E-state index in [1.54, 1.807) is 6.07 Å². The first-order chi connectivity index (χ1) is 6.15. The van der Waals surface area contributed by atoms with Crippen molar-refractivity contribution in [1.82, 2.24) is 0 Å². The summed E-state index contributed by atoms with van der Waals surface area (Å²) in [6.07, 6.45) is -2.49. The van der Waals surface area contributed by atoms with Crippen LogP contribution in [0.1, 0.15) is 22.4 Å². The number of hydrogen-bond donors (Lipinski definition) is 0. The van der Waals surface area contributed by atoms with Crippen LogP contribution < -0.4 is 0 Å². The molecular weight excluding hydrogens is 240 g/mol. The molecule has 0 spiro atoms. The fraction of sp³-hybridized carbons (Fsp3) is 0.222. The van der Waals surface area contributed by atoms with E-state index in [-0.39, 0.29) is 5.56 Å². The third-order valence-corrected chi connectivity index (χ3v) is 2.30. The molecule has 1 rings (SSSR count). The zero-order valence-electron chi connectivity index (χ0n) is 6.55. The molecule has 0 radical (unpaired) electrons. The molecule has 13 heavy (non-hydrogen) atoms. The lowest BCUT2D eigenvalue weighted by Gasteiger charge is -2.04. The molecule has 4 heteroatoms. The van der Waals surface area contributed by atoms with Crippen molar-refractivity contribution in [3.05, 3.63) is 35.4 Å². The highest BCUT2D eigenvalue weighted by atomic mass is 79.9. The lowest BCUT2D eigenvalue weighted by molar-refractivity contribution is 0.151. The molecule has 0 bridgehead atoms. The van der Waals surface area contributed by atoms with Crippen LogP contribution in [0, 0.1) is 11.3 Å². The third-order valence-electron chi connectivity index (χ3n) is 1.57. The minimum atomic E-state index is -2.49. The summed E-state index contributed by atoms with van der Waals surface area (Å²) in [5.41, 5.74) is 0.498. The first-order valence-electron chi connectivity index (χ1n) is 3.57. The topological polar surface area (TPSA) is 23.8 Å². The second kappa shape index (κ2) is 4.33. The van der Waals surface area contributed by atoms with Crippen molar-refractivity contribution >= 4 is 15.9 Å². The molecule has 68 valence electrons. The molecule has 0 amide bonds. The van der Waals surface area contributed by atoms with E-state index in [9.17, 15) is 8.78 Å². The van der Waals surface area contributed by atoms with Gasteiger partial charge >= 0.3 is 0 Å². The molecule has 1 nitrogen and oxygen atoms in total. The van der Waals surface area contributed by atoms with Crippen LogP contribution in [0.5, 0.6) is 0 Å². The SMILES string of the molecule is N#CC(Br)c1cccc(C(F)F)c1. The second-order valence-electron chi connectivity index (χ2n) is 2.46. The van der Waals surface area contributed by atoms with Crippen LogP contribution in [0.2, 0.25) is 0 Å². The Kier molecular flexibility index (Phi) is 3.38. The number of alkyl halides is 3. The predicted molar refractivity (Wildman–Crippen MR) is 48.7 cm³/mol. The molecular formula is C9H6BrF2N. The Morgan fingerprint density at radius 1 is 1.31 bits per heavy atom. The predicted octanol–water partition coefficient (Wildman–Crippen LogP) is 3.58. The van der Waals surface area contributed by atoms with E-state index in [0.29, 0.717) is 5.56 Å². The van der Waals surface area contributed by atoms with Crippen molar-refractivity contribution in [1.29, 1.82) is 5.26 Å². The van der Waals surface area contributed by atoms with E-state index < -0.39 is 11.3 Å². The Hall–Kier alpha value is -0.950. The van der Waals surface area contributed by atoms with Gasteiger partial charge in [-0.25, -0.2) is 8.78 Å². The van der Waals surface area contributed by atoms with Gasteiger partial charge in [-0.2, -0.15) is 5.26 Å². The highest BCUT2D eigenvalue weighted by molar-refractivity contribution is 9.09. The van der Waals surface area contributed by atoms with Gasteiger partial charge in [0.15, 0.2) is 0 Å². The minimum absolute atomic E-state index is 0.0581. The zero-order chi connectivity index (χ0) is 9.84. The summed E-state index contributed by atoms with van der Waals surface area (Å²) in [7, 11) is 0. The fourth-order valence-corrected chi connectivity index (χ4v) is 1.21. The van der Waals surface area contributed by atoms with Gasteiger partial charge in [-0.3, -0.25) is 0 Å². The van der Waals surface area contributed by atoms with Gasteiger partial charge < -0.3 is 0 Å². The number of hydrogen-bond acceptors (Lipinski definition) is 1. The van der Waals surface area contributed by atoms with Gasteiger partial charge in [0.05, 0.1) is 6.07 Å². The molecule has 1 aromatic rings. The number of nitriles is 1. The van der Waals surface area contributed by atoms with Crippen LogP contribution in [0.3, 0.4) is 0 Å². The van der Waals surface area contributed by atoms with Gasteiger partial charge in [-0.1, -0.05) is 34.1 Å². The number of benzene rings is 1. The van der Waals surface area contributed by atoms with Crippen molar-refractivity contribution in [2.24, 2.45) is 0 Å². The summed E-state index contributed by atoms with van der Waals surface area (Å²) in [6.45, 7) is 0. The third kappa shape index (κ3) is 2.49. The molecule has 1 atom stereocenters. The van der Waals surface area contributed by atoms with E-state index in [1.807, 2.05) is 6.07 Å². The summed E-state index contributed by atoms with van der Waals surface area (Å²) in [6, 6.07) is 7.73. The van der Waals surface area contributed by atoms with Crippen LogP contribution in [0.25, 0.3) is 0 Å². The molecule has 0 aromatic heterocycles. The largest absolute Gasteiger partial charge is 0.263 e. The molecule has 0 saturated heterocycles. The van der Waals surface area contributed by atoms with Gasteiger partial charge in [0.2, 0.25) is 0 Å². The van der Waals surface area contributed by atoms with Crippen LogP contribution in [0.15, 0.2) is 24.3 Å². The van der Waals surface area contributed by atoms with Crippen molar-refractivity contribution in [2.45, 2.75) is 11.3 Å². The molecule has 1 aromatic carbocycles. The standard InChI is InChI=1S/C9H6BrF2N/c10-8(5-13)6-2-1-3-7(4-6)9(11)12/h1-4,8-9H. The molecule has 0 N–H and O–H groups in total. The zero-order valence-corrected chi connectivity index (χ0v) is 8.13. The Morgan fingerprint density at radius 3 is 2.46 bits per heavy atom.